The summed E-state index contributed by atoms with van der Waals surface area (Å²) < 4.78 is 0. The van der Waals surface area contributed by atoms with E-state index in [1.165, 1.54) is 0 Å². The number of hydrogen-bond acceptors (Lipinski definition) is 3. The van der Waals surface area contributed by atoms with Crippen LogP contribution in [0.2, 0.25) is 0 Å². The van der Waals surface area contributed by atoms with Crippen LogP contribution < -0.4 is 10.6 Å². The molecule has 2 N–H and O–H groups in total. The second-order valence-corrected chi connectivity index (χ2v) is 6.67. The van der Waals surface area contributed by atoms with Gasteiger partial charge in [0.25, 0.3) is 0 Å². The van der Waals surface area contributed by atoms with E-state index >= 15 is 0 Å². The Morgan fingerprint density at radius 1 is 1.35 bits per heavy atom. The first-order valence-electron chi connectivity index (χ1n) is 8.30. The van der Waals surface area contributed by atoms with E-state index in [4.69, 9.17) is 5.73 Å². The molecule has 2 amide bonds. The van der Waals surface area contributed by atoms with Gasteiger partial charge in [-0.25, -0.2) is 0 Å². The van der Waals surface area contributed by atoms with Crippen LogP contribution in [-0.4, -0.2) is 42.4 Å². The lowest BCUT2D eigenvalue weighted by Gasteiger charge is -2.37. The highest BCUT2D eigenvalue weighted by molar-refractivity contribution is 6.00. The summed E-state index contributed by atoms with van der Waals surface area (Å²) in [4.78, 5) is 28.6. The van der Waals surface area contributed by atoms with Crippen LogP contribution in [0.5, 0.6) is 0 Å². The Hall–Kier alpha value is -1.88. The standard InChI is InChI=1S/C18H27N3O2/c1-13(2)12-15(19)17(22)20(3)16-10-7-11-21(18(16)23)14-8-5-4-6-9-14/h4-6,8-9,13,15-16H,7,10-12,19H2,1-3H3/t15-,16?/m0/s1. The third-order valence-corrected chi connectivity index (χ3v) is 4.34. The number of piperidine rings is 1. The van der Waals surface area contributed by atoms with Gasteiger partial charge in [-0.3, -0.25) is 9.59 Å². The fraction of sp³-hybridized carbons (Fsp3) is 0.556. The number of nitrogens with zero attached hydrogens (tertiary/aromatic N) is 2. The van der Waals surface area contributed by atoms with Crippen LogP contribution >= 0.6 is 0 Å². The summed E-state index contributed by atoms with van der Waals surface area (Å²) in [5.74, 6) is 0.187. The molecule has 5 heteroatoms. The molecule has 0 saturated carbocycles. The molecule has 1 aromatic rings. The molecule has 1 fully saturated rings. The molecule has 2 rings (SSSR count). The van der Waals surface area contributed by atoms with Gasteiger partial charge in [-0.15, -0.1) is 0 Å². The first kappa shape index (κ1) is 17.5. The summed E-state index contributed by atoms with van der Waals surface area (Å²) >= 11 is 0. The molecule has 1 unspecified atom stereocenters. The van der Waals surface area contributed by atoms with Gasteiger partial charge in [-0.05, 0) is 37.3 Å². The van der Waals surface area contributed by atoms with Crippen molar-refractivity contribution < 1.29 is 9.59 Å². The predicted molar refractivity (Wildman–Crippen MR) is 92.0 cm³/mol. The van der Waals surface area contributed by atoms with Crippen molar-refractivity contribution in [2.24, 2.45) is 11.7 Å². The number of likely N-dealkylation sites (N-methyl/N-ethyl adjacent to an activating group) is 1. The molecule has 23 heavy (non-hydrogen) atoms. The fourth-order valence-corrected chi connectivity index (χ4v) is 3.10. The molecule has 0 radical (unpaired) electrons. The molecule has 126 valence electrons. The van der Waals surface area contributed by atoms with Gasteiger partial charge in [0.1, 0.15) is 6.04 Å². The minimum Gasteiger partial charge on any atom is -0.332 e. The molecule has 0 aliphatic carbocycles. The van der Waals surface area contributed by atoms with Crippen LogP contribution in [0.4, 0.5) is 5.69 Å². The van der Waals surface area contributed by atoms with E-state index < -0.39 is 12.1 Å². The summed E-state index contributed by atoms with van der Waals surface area (Å²) in [7, 11) is 1.69. The maximum absolute atomic E-state index is 12.8. The number of hydrogen-bond donors (Lipinski definition) is 1. The number of anilines is 1. The van der Waals surface area contributed by atoms with E-state index in [2.05, 4.69) is 0 Å². The highest BCUT2D eigenvalue weighted by Gasteiger charge is 2.35. The van der Waals surface area contributed by atoms with Crippen LogP contribution in [0.3, 0.4) is 0 Å². The number of carbonyl (C=O) groups is 2. The van der Waals surface area contributed by atoms with Gasteiger partial charge in [0.2, 0.25) is 11.8 Å². The van der Waals surface area contributed by atoms with Crippen molar-refractivity contribution in [3.05, 3.63) is 30.3 Å². The highest BCUT2D eigenvalue weighted by atomic mass is 16.2. The number of amides is 2. The maximum Gasteiger partial charge on any atom is 0.249 e. The monoisotopic (exact) mass is 317 g/mol. The van der Waals surface area contributed by atoms with E-state index in [1.54, 1.807) is 16.8 Å². The van der Waals surface area contributed by atoms with E-state index in [1.807, 2.05) is 44.2 Å². The van der Waals surface area contributed by atoms with Crippen LogP contribution in [-0.2, 0) is 9.59 Å². The van der Waals surface area contributed by atoms with Gasteiger partial charge in [-0.1, -0.05) is 32.0 Å². The lowest BCUT2D eigenvalue weighted by Crippen LogP contribution is -2.56. The van der Waals surface area contributed by atoms with Gasteiger partial charge in [0, 0.05) is 19.3 Å². The lowest BCUT2D eigenvalue weighted by atomic mass is 9.99. The van der Waals surface area contributed by atoms with Crippen LogP contribution in [0.25, 0.3) is 0 Å². The second kappa shape index (κ2) is 7.59. The Morgan fingerprint density at radius 2 is 2.00 bits per heavy atom. The zero-order valence-electron chi connectivity index (χ0n) is 14.2. The Morgan fingerprint density at radius 3 is 2.61 bits per heavy atom. The molecule has 2 atom stereocenters. The molecule has 1 aliphatic rings. The molecular weight excluding hydrogens is 290 g/mol. The molecule has 5 nitrogen and oxygen atoms in total. The van der Waals surface area contributed by atoms with Crippen molar-refractivity contribution in [2.75, 3.05) is 18.5 Å². The van der Waals surface area contributed by atoms with Crippen LogP contribution in [0.15, 0.2) is 30.3 Å². The van der Waals surface area contributed by atoms with Gasteiger partial charge >= 0.3 is 0 Å². The maximum atomic E-state index is 12.8. The summed E-state index contributed by atoms with van der Waals surface area (Å²) in [6.45, 7) is 4.77. The molecular formula is C18H27N3O2. The third kappa shape index (κ3) is 4.10. The predicted octanol–water partition coefficient (Wildman–Crippen LogP) is 2.01. The third-order valence-electron chi connectivity index (χ3n) is 4.34. The van der Waals surface area contributed by atoms with E-state index in [-0.39, 0.29) is 11.8 Å². The Kier molecular flexibility index (Phi) is 5.77. The average Bonchev–Trinajstić information content (AvgIpc) is 2.54. The van der Waals surface area contributed by atoms with Gasteiger partial charge < -0.3 is 15.5 Å². The van der Waals surface area contributed by atoms with Crippen molar-refractivity contribution in [1.29, 1.82) is 0 Å². The first-order chi connectivity index (χ1) is 10.9. The SMILES string of the molecule is CC(C)C[C@H](N)C(=O)N(C)C1CCCN(c2ccccc2)C1=O. The number of para-hydroxylation sites is 1. The second-order valence-electron chi connectivity index (χ2n) is 6.67. The molecule has 0 bridgehead atoms. The Balaban J connectivity index is 2.10. The van der Waals surface area contributed by atoms with Gasteiger partial charge in [0.15, 0.2) is 0 Å². The molecule has 1 aliphatic heterocycles. The Bertz CT molecular complexity index is 544. The minimum atomic E-state index is -0.542. The van der Waals surface area contributed by atoms with Crippen LogP contribution in [0.1, 0.15) is 33.1 Å². The zero-order chi connectivity index (χ0) is 17.0. The van der Waals surface area contributed by atoms with Crippen LogP contribution in [0, 0.1) is 5.92 Å². The number of nitrogens with two attached hydrogens (primary N) is 1. The largest absolute Gasteiger partial charge is 0.332 e. The number of rotatable bonds is 5. The van der Waals surface area contributed by atoms with Gasteiger partial charge in [0.05, 0.1) is 6.04 Å². The average molecular weight is 317 g/mol. The van der Waals surface area contributed by atoms with E-state index in [0.29, 0.717) is 25.3 Å². The Labute approximate surface area is 138 Å². The number of carbonyl (C=O) groups excluding carboxylic acids is 2. The van der Waals surface area contributed by atoms with Crippen molar-refractivity contribution in [1.82, 2.24) is 4.90 Å². The quantitative estimate of drug-likeness (QED) is 0.903. The van der Waals surface area contributed by atoms with Crippen molar-refractivity contribution in [2.45, 2.75) is 45.2 Å². The van der Waals surface area contributed by atoms with Gasteiger partial charge in [-0.2, -0.15) is 0 Å². The van der Waals surface area contributed by atoms with Crippen molar-refractivity contribution in [3.63, 3.8) is 0 Å². The summed E-state index contributed by atoms with van der Waals surface area (Å²) in [5.41, 5.74) is 6.88. The fourth-order valence-electron chi connectivity index (χ4n) is 3.10. The summed E-state index contributed by atoms with van der Waals surface area (Å²) in [6.07, 6.45) is 2.20. The molecule has 0 aromatic heterocycles. The number of benzene rings is 1. The lowest BCUT2D eigenvalue weighted by molar-refractivity contribution is -0.140. The smallest absolute Gasteiger partial charge is 0.249 e. The molecule has 1 heterocycles. The molecule has 1 saturated heterocycles. The van der Waals surface area contributed by atoms with Crippen molar-refractivity contribution in [3.8, 4) is 0 Å². The minimum absolute atomic E-state index is 0.0185. The topological polar surface area (TPSA) is 66.6 Å². The highest BCUT2D eigenvalue weighted by Crippen LogP contribution is 2.23. The van der Waals surface area contributed by atoms with E-state index in [0.717, 1.165) is 12.1 Å². The molecule has 0 spiro atoms. The normalized spacial score (nSPS) is 19.8. The first-order valence-corrected chi connectivity index (χ1v) is 8.30. The van der Waals surface area contributed by atoms with E-state index in [9.17, 15) is 9.59 Å². The van der Waals surface area contributed by atoms with Crippen molar-refractivity contribution >= 4 is 17.5 Å². The summed E-state index contributed by atoms with van der Waals surface area (Å²) in [5, 5.41) is 0. The zero-order valence-corrected chi connectivity index (χ0v) is 14.2. The molecule has 1 aromatic carbocycles. The summed E-state index contributed by atoms with van der Waals surface area (Å²) in [6, 6.07) is 8.64.